The molecule has 2 rings (SSSR count). The molecule has 0 aromatic heterocycles. The third kappa shape index (κ3) is 4.70. The van der Waals surface area contributed by atoms with Gasteiger partial charge in [0.15, 0.2) is 5.17 Å². The lowest BCUT2D eigenvalue weighted by molar-refractivity contribution is -0.122. The Morgan fingerprint density at radius 3 is 2.64 bits per heavy atom. The highest BCUT2D eigenvalue weighted by atomic mass is 32.2. The van der Waals surface area contributed by atoms with E-state index in [9.17, 15) is 9.59 Å². The molecule has 2 N–H and O–H groups in total. The van der Waals surface area contributed by atoms with Crippen LogP contribution in [0.1, 0.15) is 25.8 Å². The first-order valence-electron chi connectivity index (χ1n) is 6.87. The van der Waals surface area contributed by atoms with E-state index < -0.39 is 5.25 Å². The quantitative estimate of drug-likeness (QED) is 0.660. The molecule has 116 valence electrons. The molecule has 22 heavy (non-hydrogen) atoms. The van der Waals surface area contributed by atoms with Gasteiger partial charge in [0.05, 0.1) is 0 Å². The van der Waals surface area contributed by atoms with E-state index in [4.69, 9.17) is 0 Å². The fraction of sp³-hybridized carbons (Fsp3) is 0.333. The fourth-order valence-corrected chi connectivity index (χ4v) is 2.67. The molecule has 6 nitrogen and oxygen atoms in total. The highest BCUT2D eigenvalue weighted by Crippen LogP contribution is 2.23. The van der Waals surface area contributed by atoms with Crippen molar-refractivity contribution in [1.82, 2.24) is 5.32 Å². The highest BCUT2D eigenvalue weighted by Gasteiger charge is 2.32. The van der Waals surface area contributed by atoms with Gasteiger partial charge in [0.1, 0.15) is 5.25 Å². The molecular formula is C15H18N4O2S. The van der Waals surface area contributed by atoms with Crippen molar-refractivity contribution in [2.75, 3.05) is 5.32 Å². The van der Waals surface area contributed by atoms with Gasteiger partial charge in [-0.1, -0.05) is 29.5 Å². The summed E-state index contributed by atoms with van der Waals surface area (Å²) >= 11 is 1.22. The molecule has 1 atom stereocenters. The molecule has 1 fully saturated rings. The minimum atomic E-state index is -0.475. The van der Waals surface area contributed by atoms with Gasteiger partial charge in [0.2, 0.25) is 11.8 Å². The predicted octanol–water partition coefficient (Wildman–Crippen LogP) is 2.31. The largest absolute Gasteiger partial charge is 0.326 e. The number of nitrogens with zero attached hydrogens (tertiary/aromatic N) is 2. The molecule has 1 aliphatic heterocycles. The smallest absolute Gasteiger partial charge is 0.240 e. The molecule has 1 saturated heterocycles. The van der Waals surface area contributed by atoms with Crippen LogP contribution in [0.15, 0.2) is 34.5 Å². The fourth-order valence-electron chi connectivity index (χ4n) is 1.75. The standard InChI is InChI=1S/C15H18N4O2S/c1-9(2)18-19-15-17-14(21)12(22-15)8-13(20)16-11-6-4-10(3)5-7-11/h4-7,12H,8H2,1-3H3,(H,16,20)(H,17,19,21). The molecule has 0 spiro atoms. The van der Waals surface area contributed by atoms with Crippen LogP contribution in [-0.4, -0.2) is 27.9 Å². The zero-order valence-electron chi connectivity index (χ0n) is 12.7. The van der Waals surface area contributed by atoms with Crippen LogP contribution in [0.5, 0.6) is 0 Å². The minimum absolute atomic E-state index is 0.0955. The number of benzene rings is 1. The second-order valence-corrected chi connectivity index (χ2v) is 6.36. The maximum Gasteiger partial charge on any atom is 0.240 e. The van der Waals surface area contributed by atoms with Crippen molar-refractivity contribution in [2.45, 2.75) is 32.4 Å². The van der Waals surface area contributed by atoms with E-state index in [2.05, 4.69) is 20.8 Å². The van der Waals surface area contributed by atoms with Gasteiger partial charge in [-0.2, -0.15) is 5.10 Å². The molecule has 7 heteroatoms. The van der Waals surface area contributed by atoms with E-state index in [-0.39, 0.29) is 18.2 Å². The average molecular weight is 318 g/mol. The molecule has 1 unspecified atom stereocenters. The number of aryl methyl sites for hydroxylation is 1. The number of thioether (sulfide) groups is 1. The molecule has 1 aromatic rings. The van der Waals surface area contributed by atoms with E-state index in [0.717, 1.165) is 17.0 Å². The van der Waals surface area contributed by atoms with E-state index in [1.54, 1.807) is 0 Å². The number of anilines is 1. The van der Waals surface area contributed by atoms with Crippen molar-refractivity contribution in [3.05, 3.63) is 29.8 Å². The van der Waals surface area contributed by atoms with Crippen LogP contribution in [-0.2, 0) is 9.59 Å². The van der Waals surface area contributed by atoms with Crippen molar-refractivity contribution in [1.29, 1.82) is 0 Å². The van der Waals surface area contributed by atoms with Gasteiger partial charge >= 0.3 is 0 Å². The van der Waals surface area contributed by atoms with Crippen molar-refractivity contribution >= 4 is 40.1 Å². The van der Waals surface area contributed by atoms with E-state index in [1.807, 2.05) is 45.0 Å². The second kappa shape index (κ2) is 7.22. The van der Waals surface area contributed by atoms with Crippen molar-refractivity contribution in [2.24, 2.45) is 10.2 Å². The first kappa shape index (κ1) is 16.2. The predicted molar refractivity (Wildman–Crippen MR) is 90.2 cm³/mol. The van der Waals surface area contributed by atoms with Crippen LogP contribution < -0.4 is 10.6 Å². The first-order chi connectivity index (χ1) is 10.4. The van der Waals surface area contributed by atoms with Gasteiger partial charge in [-0.05, 0) is 32.9 Å². The summed E-state index contributed by atoms with van der Waals surface area (Å²) < 4.78 is 0. The summed E-state index contributed by atoms with van der Waals surface area (Å²) in [6, 6.07) is 7.51. The van der Waals surface area contributed by atoms with Crippen molar-refractivity contribution in [3.8, 4) is 0 Å². The molecule has 1 heterocycles. The molecule has 0 aliphatic carbocycles. The van der Waals surface area contributed by atoms with Crippen molar-refractivity contribution in [3.63, 3.8) is 0 Å². The molecule has 2 amide bonds. The van der Waals surface area contributed by atoms with E-state index in [1.165, 1.54) is 11.8 Å². The molecule has 1 aromatic carbocycles. The molecule has 0 bridgehead atoms. The Labute approximate surface area is 133 Å². The maximum atomic E-state index is 12.0. The Morgan fingerprint density at radius 1 is 1.32 bits per heavy atom. The zero-order valence-corrected chi connectivity index (χ0v) is 13.5. The third-order valence-corrected chi connectivity index (χ3v) is 3.90. The van der Waals surface area contributed by atoms with Crippen LogP contribution in [0, 0.1) is 6.92 Å². The lowest BCUT2D eigenvalue weighted by Gasteiger charge is -2.07. The molecule has 1 aliphatic rings. The number of nitrogens with one attached hydrogen (secondary N) is 2. The molecular weight excluding hydrogens is 300 g/mol. The highest BCUT2D eigenvalue weighted by molar-refractivity contribution is 8.15. The summed E-state index contributed by atoms with van der Waals surface area (Å²) in [5, 5.41) is 13.2. The van der Waals surface area contributed by atoms with E-state index in [0.29, 0.717) is 5.17 Å². The number of amidine groups is 1. The zero-order chi connectivity index (χ0) is 16.1. The Kier molecular flexibility index (Phi) is 5.32. The Bertz CT molecular complexity index is 633. The van der Waals surface area contributed by atoms with Crippen LogP contribution in [0.3, 0.4) is 0 Å². The molecule has 0 saturated carbocycles. The van der Waals surface area contributed by atoms with Gasteiger partial charge in [-0.15, -0.1) is 5.10 Å². The minimum Gasteiger partial charge on any atom is -0.326 e. The first-order valence-corrected chi connectivity index (χ1v) is 7.75. The Morgan fingerprint density at radius 2 is 2.00 bits per heavy atom. The van der Waals surface area contributed by atoms with Gasteiger partial charge in [-0.3, -0.25) is 9.59 Å². The van der Waals surface area contributed by atoms with Crippen molar-refractivity contribution < 1.29 is 9.59 Å². The Balaban J connectivity index is 1.92. The molecule has 0 radical (unpaired) electrons. The summed E-state index contributed by atoms with van der Waals surface area (Å²) in [5.41, 5.74) is 2.64. The number of amides is 2. The Hall–Kier alpha value is -2.15. The van der Waals surface area contributed by atoms with Gasteiger partial charge in [0, 0.05) is 17.8 Å². The van der Waals surface area contributed by atoms with Gasteiger partial charge in [-0.25, -0.2) is 0 Å². The summed E-state index contributed by atoms with van der Waals surface area (Å²) in [7, 11) is 0. The topological polar surface area (TPSA) is 82.9 Å². The van der Waals surface area contributed by atoms with Crippen LogP contribution >= 0.6 is 11.8 Å². The van der Waals surface area contributed by atoms with E-state index >= 15 is 0 Å². The maximum absolute atomic E-state index is 12.0. The summed E-state index contributed by atoms with van der Waals surface area (Å²) in [4.78, 5) is 23.8. The number of carbonyl (C=O) groups is 2. The summed E-state index contributed by atoms with van der Waals surface area (Å²) in [6.45, 7) is 5.61. The second-order valence-electron chi connectivity index (χ2n) is 5.17. The SMILES string of the molecule is CC(C)=N/N=C1\NC(=O)C(CC(=O)Nc2ccc(C)cc2)S1. The average Bonchev–Trinajstić information content (AvgIpc) is 2.79. The lowest BCUT2D eigenvalue weighted by atomic mass is 10.2. The monoisotopic (exact) mass is 318 g/mol. The van der Waals surface area contributed by atoms with Crippen LogP contribution in [0.25, 0.3) is 0 Å². The van der Waals surface area contributed by atoms with Crippen LogP contribution in [0.2, 0.25) is 0 Å². The third-order valence-electron chi connectivity index (χ3n) is 2.82. The van der Waals surface area contributed by atoms with Gasteiger partial charge < -0.3 is 10.6 Å². The number of hydrogen-bond acceptors (Lipinski definition) is 5. The lowest BCUT2D eigenvalue weighted by Crippen LogP contribution is -2.28. The number of hydrogen-bond donors (Lipinski definition) is 2. The van der Waals surface area contributed by atoms with Crippen LogP contribution in [0.4, 0.5) is 5.69 Å². The number of carbonyl (C=O) groups excluding carboxylic acids is 2. The normalized spacial score (nSPS) is 19.0. The summed E-state index contributed by atoms with van der Waals surface area (Å²) in [5.74, 6) is -0.417. The number of rotatable bonds is 4. The summed E-state index contributed by atoms with van der Waals surface area (Å²) in [6.07, 6.45) is 0.0955. The van der Waals surface area contributed by atoms with Gasteiger partial charge in [0.25, 0.3) is 0 Å².